The van der Waals surface area contributed by atoms with Crippen LogP contribution in [0.3, 0.4) is 0 Å². The van der Waals surface area contributed by atoms with Gasteiger partial charge in [0.15, 0.2) is 0 Å². The minimum atomic E-state index is -0.741. The minimum Gasteiger partial charge on any atom is -0.388 e. The summed E-state index contributed by atoms with van der Waals surface area (Å²) in [7, 11) is 0. The van der Waals surface area contributed by atoms with Gasteiger partial charge in [-0.15, -0.1) is 0 Å². The van der Waals surface area contributed by atoms with Gasteiger partial charge in [-0.05, 0) is 12.5 Å². The first-order valence-electron chi connectivity index (χ1n) is 5.28. The predicted octanol–water partition coefficient (Wildman–Crippen LogP) is 4.09. The number of benzene rings is 1. The number of rotatable bonds is 5. The maximum atomic E-state index is 13.5. The number of aliphatic hydroxyl groups excluding tert-OH is 1. The molecule has 0 amide bonds. The van der Waals surface area contributed by atoms with Crippen LogP contribution in [0.5, 0.6) is 0 Å². The van der Waals surface area contributed by atoms with Crippen molar-refractivity contribution in [3.63, 3.8) is 0 Å². The van der Waals surface area contributed by atoms with E-state index in [0.29, 0.717) is 12.0 Å². The average molecular weight is 231 g/mol. The molecular formula is C12H16ClFO. The van der Waals surface area contributed by atoms with Crippen LogP contribution < -0.4 is 0 Å². The summed E-state index contributed by atoms with van der Waals surface area (Å²) in [6.45, 7) is 2.09. The molecule has 0 heterocycles. The van der Waals surface area contributed by atoms with Crippen LogP contribution in [0.1, 0.15) is 44.3 Å². The summed E-state index contributed by atoms with van der Waals surface area (Å²) < 4.78 is 13.5. The van der Waals surface area contributed by atoms with Crippen LogP contribution in [-0.2, 0) is 0 Å². The second kappa shape index (κ2) is 6.09. The molecule has 0 aliphatic heterocycles. The molecule has 0 saturated heterocycles. The van der Waals surface area contributed by atoms with Crippen molar-refractivity contribution in [1.29, 1.82) is 0 Å². The number of hydrogen-bond acceptors (Lipinski definition) is 1. The Hall–Kier alpha value is -0.600. The summed E-state index contributed by atoms with van der Waals surface area (Å²) in [5.41, 5.74) is 0.304. The molecule has 0 saturated carbocycles. The number of hydrogen-bond donors (Lipinski definition) is 1. The van der Waals surface area contributed by atoms with Gasteiger partial charge in [0, 0.05) is 5.56 Å². The maximum Gasteiger partial charge on any atom is 0.147 e. The van der Waals surface area contributed by atoms with E-state index in [9.17, 15) is 9.50 Å². The molecule has 0 aliphatic rings. The lowest BCUT2D eigenvalue weighted by Gasteiger charge is -2.12. The molecule has 3 heteroatoms. The van der Waals surface area contributed by atoms with Gasteiger partial charge in [-0.25, -0.2) is 4.39 Å². The molecule has 1 aromatic rings. The van der Waals surface area contributed by atoms with E-state index in [1.807, 2.05) is 0 Å². The lowest BCUT2D eigenvalue weighted by atomic mass is 10.0. The van der Waals surface area contributed by atoms with E-state index in [2.05, 4.69) is 6.92 Å². The summed E-state index contributed by atoms with van der Waals surface area (Å²) in [6, 6.07) is 4.72. The molecule has 1 atom stereocenters. The van der Waals surface area contributed by atoms with Crippen LogP contribution in [0.4, 0.5) is 4.39 Å². The number of halogens is 2. The largest absolute Gasteiger partial charge is 0.388 e. The standard InChI is InChI=1S/C12H16ClFO/c1-2-3-4-8-11(15)9-6-5-7-10(13)12(9)14/h5-7,11,15H,2-4,8H2,1H3. The van der Waals surface area contributed by atoms with Crippen molar-refractivity contribution in [2.75, 3.05) is 0 Å². The molecule has 0 aliphatic carbocycles. The fraction of sp³-hybridized carbons (Fsp3) is 0.500. The molecule has 1 N–H and O–H groups in total. The van der Waals surface area contributed by atoms with Gasteiger partial charge >= 0.3 is 0 Å². The SMILES string of the molecule is CCCCCC(O)c1cccc(Cl)c1F. The normalized spacial score (nSPS) is 12.8. The van der Waals surface area contributed by atoms with Crippen LogP contribution >= 0.6 is 11.6 Å². The lowest BCUT2D eigenvalue weighted by Crippen LogP contribution is -2.01. The van der Waals surface area contributed by atoms with Crippen LogP contribution in [0.2, 0.25) is 5.02 Å². The van der Waals surface area contributed by atoms with E-state index < -0.39 is 11.9 Å². The van der Waals surface area contributed by atoms with Crippen LogP contribution in [0, 0.1) is 5.82 Å². The van der Waals surface area contributed by atoms with E-state index in [1.165, 1.54) is 6.07 Å². The van der Waals surface area contributed by atoms with Crippen molar-refractivity contribution in [2.45, 2.75) is 38.7 Å². The zero-order valence-corrected chi connectivity index (χ0v) is 9.60. The van der Waals surface area contributed by atoms with Crippen molar-refractivity contribution in [3.05, 3.63) is 34.6 Å². The Kier molecular flexibility index (Phi) is 5.06. The fourth-order valence-electron chi connectivity index (χ4n) is 1.52. The Bertz CT molecular complexity index is 314. The van der Waals surface area contributed by atoms with Crippen molar-refractivity contribution in [3.8, 4) is 0 Å². The van der Waals surface area contributed by atoms with Crippen molar-refractivity contribution in [2.24, 2.45) is 0 Å². The third kappa shape index (κ3) is 3.47. The summed E-state index contributed by atoms with van der Waals surface area (Å²) >= 11 is 5.63. The Balaban J connectivity index is 2.65. The number of aliphatic hydroxyl groups is 1. The van der Waals surface area contributed by atoms with Gasteiger partial charge in [-0.1, -0.05) is 49.9 Å². The molecule has 0 bridgehead atoms. The maximum absolute atomic E-state index is 13.5. The Morgan fingerprint density at radius 1 is 1.40 bits per heavy atom. The van der Waals surface area contributed by atoms with Gasteiger partial charge in [0.2, 0.25) is 0 Å². The molecule has 1 nitrogen and oxygen atoms in total. The monoisotopic (exact) mass is 230 g/mol. The molecule has 0 spiro atoms. The third-order valence-electron chi connectivity index (χ3n) is 2.42. The quantitative estimate of drug-likeness (QED) is 0.756. The Morgan fingerprint density at radius 3 is 2.80 bits per heavy atom. The fourth-order valence-corrected chi connectivity index (χ4v) is 1.70. The van der Waals surface area contributed by atoms with Crippen molar-refractivity contribution < 1.29 is 9.50 Å². The highest BCUT2D eigenvalue weighted by Crippen LogP contribution is 2.26. The second-order valence-electron chi connectivity index (χ2n) is 3.65. The Labute approximate surface area is 94.9 Å². The third-order valence-corrected chi connectivity index (χ3v) is 2.71. The summed E-state index contributed by atoms with van der Waals surface area (Å²) in [5.74, 6) is -0.497. The van der Waals surface area contributed by atoms with Crippen LogP contribution in [-0.4, -0.2) is 5.11 Å². The molecule has 0 fully saturated rings. The first-order chi connectivity index (χ1) is 7.16. The van der Waals surface area contributed by atoms with Gasteiger partial charge in [0.05, 0.1) is 11.1 Å². The molecule has 84 valence electrons. The summed E-state index contributed by atoms with van der Waals surface area (Å²) in [4.78, 5) is 0. The first-order valence-corrected chi connectivity index (χ1v) is 5.66. The summed E-state index contributed by atoms with van der Waals surface area (Å²) in [5, 5.41) is 9.83. The topological polar surface area (TPSA) is 20.2 Å². The number of unbranched alkanes of at least 4 members (excludes halogenated alkanes) is 2. The molecular weight excluding hydrogens is 215 g/mol. The predicted molar refractivity (Wildman–Crippen MR) is 60.5 cm³/mol. The second-order valence-corrected chi connectivity index (χ2v) is 4.06. The average Bonchev–Trinajstić information content (AvgIpc) is 2.22. The molecule has 0 aromatic heterocycles. The molecule has 1 unspecified atom stereocenters. The molecule has 15 heavy (non-hydrogen) atoms. The van der Waals surface area contributed by atoms with Gasteiger partial charge in [0.25, 0.3) is 0 Å². The van der Waals surface area contributed by atoms with Gasteiger partial charge < -0.3 is 5.11 Å². The lowest BCUT2D eigenvalue weighted by molar-refractivity contribution is 0.159. The van der Waals surface area contributed by atoms with Gasteiger partial charge in [-0.2, -0.15) is 0 Å². The highest BCUT2D eigenvalue weighted by atomic mass is 35.5. The van der Waals surface area contributed by atoms with E-state index >= 15 is 0 Å². The first kappa shape index (κ1) is 12.5. The van der Waals surface area contributed by atoms with E-state index in [1.54, 1.807) is 12.1 Å². The highest BCUT2D eigenvalue weighted by molar-refractivity contribution is 6.30. The Morgan fingerprint density at radius 2 is 2.13 bits per heavy atom. The zero-order valence-electron chi connectivity index (χ0n) is 8.84. The molecule has 1 rings (SSSR count). The summed E-state index contributed by atoms with van der Waals surface area (Å²) in [6.07, 6.45) is 2.90. The minimum absolute atomic E-state index is 0.0713. The van der Waals surface area contributed by atoms with E-state index in [-0.39, 0.29) is 5.02 Å². The smallest absolute Gasteiger partial charge is 0.147 e. The molecule has 0 radical (unpaired) electrons. The van der Waals surface area contributed by atoms with Crippen LogP contribution in [0.15, 0.2) is 18.2 Å². The van der Waals surface area contributed by atoms with Gasteiger partial charge in [-0.3, -0.25) is 0 Å². The van der Waals surface area contributed by atoms with Gasteiger partial charge in [0.1, 0.15) is 5.82 Å². The molecule has 1 aromatic carbocycles. The van der Waals surface area contributed by atoms with Crippen molar-refractivity contribution in [1.82, 2.24) is 0 Å². The zero-order chi connectivity index (χ0) is 11.3. The van der Waals surface area contributed by atoms with Crippen LogP contribution in [0.25, 0.3) is 0 Å². The van der Waals surface area contributed by atoms with Crippen molar-refractivity contribution >= 4 is 11.6 Å². The van der Waals surface area contributed by atoms with E-state index in [4.69, 9.17) is 11.6 Å². The van der Waals surface area contributed by atoms with E-state index in [0.717, 1.165) is 19.3 Å². The highest BCUT2D eigenvalue weighted by Gasteiger charge is 2.14.